The highest BCUT2D eigenvalue weighted by atomic mass is 16.4. The molecule has 0 heterocycles. The van der Waals surface area contributed by atoms with Gasteiger partial charge in [-0.05, 0) is 31.9 Å². The van der Waals surface area contributed by atoms with Crippen LogP contribution in [-0.2, 0) is 11.2 Å². The number of aliphatic carboxylic acids is 1. The summed E-state index contributed by atoms with van der Waals surface area (Å²) in [7, 11) is 0. The number of carbonyl (C=O) groups excluding carboxylic acids is 1. The normalized spacial score (nSPS) is 10.9. The van der Waals surface area contributed by atoms with Gasteiger partial charge in [0.15, 0.2) is 0 Å². The van der Waals surface area contributed by atoms with E-state index in [0.29, 0.717) is 0 Å². The zero-order chi connectivity index (χ0) is 14.5. The van der Waals surface area contributed by atoms with Gasteiger partial charge in [0.1, 0.15) is 0 Å². The van der Waals surface area contributed by atoms with Crippen LogP contribution in [0.15, 0.2) is 24.3 Å². The van der Waals surface area contributed by atoms with Crippen molar-refractivity contribution in [3.63, 3.8) is 0 Å². The van der Waals surface area contributed by atoms with E-state index in [9.17, 15) is 9.59 Å². The van der Waals surface area contributed by atoms with Crippen LogP contribution in [0.25, 0.3) is 0 Å². The van der Waals surface area contributed by atoms with Crippen LogP contribution in [0.2, 0.25) is 0 Å². The number of rotatable bonds is 5. The van der Waals surface area contributed by atoms with Crippen LogP contribution < -0.4 is 10.6 Å². The maximum atomic E-state index is 11.9. The minimum atomic E-state index is -0.945. The lowest BCUT2D eigenvalue weighted by atomic mass is 10.0. The second-order valence-electron chi connectivity index (χ2n) is 5.04. The average molecular weight is 264 g/mol. The second-order valence-corrected chi connectivity index (χ2v) is 5.04. The molecule has 0 aliphatic rings. The predicted octanol–water partition coefficient (Wildman–Crippen LogP) is 2.62. The molecule has 0 saturated heterocycles. The van der Waals surface area contributed by atoms with E-state index in [1.807, 2.05) is 31.2 Å². The van der Waals surface area contributed by atoms with E-state index in [4.69, 9.17) is 5.11 Å². The first-order chi connectivity index (χ1) is 8.84. The van der Waals surface area contributed by atoms with E-state index >= 15 is 0 Å². The molecule has 19 heavy (non-hydrogen) atoms. The van der Waals surface area contributed by atoms with Gasteiger partial charge in [0.2, 0.25) is 0 Å². The first kappa shape index (κ1) is 15.0. The Labute approximate surface area is 113 Å². The second kappa shape index (κ2) is 6.22. The molecule has 2 amide bonds. The Morgan fingerprint density at radius 1 is 1.26 bits per heavy atom. The van der Waals surface area contributed by atoms with E-state index in [-0.39, 0.29) is 6.42 Å². The van der Waals surface area contributed by atoms with Gasteiger partial charge in [0, 0.05) is 11.2 Å². The summed E-state index contributed by atoms with van der Waals surface area (Å²) < 4.78 is 0. The number of urea groups is 1. The average Bonchev–Trinajstić information content (AvgIpc) is 2.26. The molecule has 0 atom stereocenters. The molecule has 0 aliphatic heterocycles. The number of carboxylic acids is 1. The van der Waals surface area contributed by atoms with Crippen molar-refractivity contribution >= 4 is 17.7 Å². The Kier molecular flexibility index (Phi) is 4.92. The number of amides is 2. The molecule has 0 spiro atoms. The Morgan fingerprint density at radius 3 is 2.47 bits per heavy atom. The first-order valence-corrected chi connectivity index (χ1v) is 6.23. The maximum absolute atomic E-state index is 11.9. The lowest BCUT2D eigenvalue weighted by molar-refractivity contribution is -0.138. The van der Waals surface area contributed by atoms with E-state index in [1.54, 1.807) is 13.8 Å². The number of carboxylic acid groups (broad SMARTS) is 1. The molecule has 0 saturated carbocycles. The molecular formula is C14H20N2O3. The van der Waals surface area contributed by atoms with Crippen molar-refractivity contribution in [3.05, 3.63) is 29.8 Å². The number of benzene rings is 1. The number of aryl methyl sites for hydroxylation is 1. The van der Waals surface area contributed by atoms with Gasteiger partial charge in [0.25, 0.3) is 0 Å². The number of hydrogen-bond acceptors (Lipinski definition) is 2. The fraction of sp³-hybridized carbons (Fsp3) is 0.429. The molecule has 3 N–H and O–H groups in total. The molecule has 0 bridgehead atoms. The molecule has 104 valence electrons. The van der Waals surface area contributed by atoms with E-state index < -0.39 is 17.5 Å². The number of nitrogens with one attached hydrogen (secondary N) is 2. The third-order valence-corrected chi connectivity index (χ3v) is 2.69. The summed E-state index contributed by atoms with van der Waals surface area (Å²) in [5.41, 5.74) is 0.985. The highest BCUT2D eigenvalue weighted by Gasteiger charge is 2.23. The van der Waals surface area contributed by atoms with Crippen LogP contribution in [-0.4, -0.2) is 22.6 Å². The zero-order valence-electron chi connectivity index (χ0n) is 11.5. The minimum absolute atomic E-state index is 0.129. The summed E-state index contributed by atoms with van der Waals surface area (Å²) in [5.74, 6) is -0.945. The molecule has 5 heteroatoms. The SMILES string of the molecule is CCc1ccccc1NC(=O)NC(C)(C)CC(=O)O. The molecule has 1 aromatic carbocycles. The molecule has 0 radical (unpaired) electrons. The summed E-state index contributed by atoms with van der Waals surface area (Å²) >= 11 is 0. The van der Waals surface area contributed by atoms with Crippen molar-refractivity contribution in [2.75, 3.05) is 5.32 Å². The third-order valence-electron chi connectivity index (χ3n) is 2.69. The van der Waals surface area contributed by atoms with Crippen LogP contribution in [0.5, 0.6) is 0 Å². The van der Waals surface area contributed by atoms with Gasteiger partial charge in [-0.25, -0.2) is 4.79 Å². The van der Waals surface area contributed by atoms with Crippen molar-refractivity contribution in [2.24, 2.45) is 0 Å². The predicted molar refractivity (Wildman–Crippen MR) is 74.3 cm³/mol. The van der Waals surface area contributed by atoms with E-state index in [1.165, 1.54) is 0 Å². The van der Waals surface area contributed by atoms with Gasteiger partial charge in [-0.2, -0.15) is 0 Å². The van der Waals surface area contributed by atoms with Crippen LogP contribution in [0.1, 0.15) is 32.8 Å². The maximum Gasteiger partial charge on any atom is 0.319 e. The summed E-state index contributed by atoms with van der Waals surface area (Å²) in [4.78, 5) is 22.5. The van der Waals surface area contributed by atoms with Gasteiger partial charge in [0.05, 0.1) is 6.42 Å². The monoisotopic (exact) mass is 264 g/mol. The van der Waals surface area contributed by atoms with Gasteiger partial charge >= 0.3 is 12.0 Å². The molecule has 0 aromatic heterocycles. The number of hydrogen-bond donors (Lipinski definition) is 3. The molecule has 1 rings (SSSR count). The van der Waals surface area contributed by atoms with E-state index in [2.05, 4.69) is 10.6 Å². The summed E-state index contributed by atoms with van der Waals surface area (Å²) in [5, 5.41) is 14.2. The van der Waals surface area contributed by atoms with Crippen LogP contribution in [0, 0.1) is 0 Å². The standard InChI is InChI=1S/C14H20N2O3/c1-4-10-7-5-6-8-11(10)15-13(19)16-14(2,3)9-12(17)18/h5-8H,4,9H2,1-3H3,(H,17,18)(H2,15,16,19). The summed E-state index contributed by atoms with van der Waals surface area (Å²) in [6, 6.07) is 7.13. The molecular weight excluding hydrogens is 244 g/mol. The van der Waals surface area contributed by atoms with Crippen molar-refractivity contribution in [3.8, 4) is 0 Å². The Morgan fingerprint density at radius 2 is 1.89 bits per heavy atom. The van der Waals surface area contributed by atoms with Crippen molar-refractivity contribution < 1.29 is 14.7 Å². The summed E-state index contributed by atoms with van der Waals surface area (Å²) in [6.07, 6.45) is 0.685. The molecule has 1 aromatic rings. The lowest BCUT2D eigenvalue weighted by Crippen LogP contribution is -2.46. The smallest absolute Gasteiger partial charge is 0.319 e. The number of anilines is 1. The van der Waals surface area contributed by atoms with Gasteiger partial charge in [-0.1, -0.05) is 25.1 Å². The van der Waals surface area contributed by atoms with Crippen LogP contribution >= 0.6 is 0 Å². The first-order valence-electron chi connectivity index (χ1n) is 6.23. The van der Waals surface area contributed by atoms with Gasteiger partial charge < -0.3 is 15.7 Å². The highest BCUT2D eigenvalue weighted by molar-refractivity contribution is 5.90. The largest absolute Gasteiger partial charge is 0.481 e. The lowest BCUT2D eigenvalue weighted by Gasteiger charge is -2.24. The Hall–Kier alpha value is -2.04. The fourth-order valence-electron chi connectivity index (χ4n) is 1.83. The number of para-hydroxylation sites is 1. The fourth-order valence-corrected chi connectivity index (χ4v) is 1.83. The zero-order valence-corrected chi connectivity index (χ0v) is 11.5. The Bertz CT molecular complexity index is 470. The van der Waals surface area contributed by atoms with Crippen LogP contribution in [0.4, 0.5) is 10.5 Å². The van der Waals surface area contributed by atoms with Gasteiger partial charge in [-0.3, -0.25) is 4.79 Å². The van der Waals surface area contributed by atoms with Crippen molar-refractivity contribution in [1.82, 2.24) is 5.32 Å². The van der Waals surface area contributed by atoms with Crippen molar-refractivity contribution in [2.45, 2.75) is 39.2 Å². The van der Waals surface area contributed by atoms with Crippen LogP contribution in [0.3, 0.4) is 0 Å². The summed E-state index contributed by atoms with van der Waals surface area (Å²) in [6.45, 7) is 5.35. The highest BCUT2D eigenvalue weighted by Crippen LogP contribution is 2.16. The van der Waals surface area contributed by atoms with E-state index in [0.717, 1.165) is 17.7 Å². The van der Waals surface area contributed by atoms with Gasteiger partial charge in [-0.15, -0.1) is 0 Å². The quantitative estimate of drug-likeness (QED) is 0.765. The van der Waals surface area contributed by atoms with Crippen molar-refractivity contribution in [1.29, 1.82) is 0 Å². The third kappa shape index (κ3) is 4.99. The number of carbonyl (C=O) groups is 2. The molecule has 0 fully saturated rings. The molecule has 0 aliphatic carbocycles. The topological polar surface area (TPSA) is 78.4 Å². The minimum Gasteiger partial charge on any atom is -0.481 e. The molecule has 0 unspecified atom stereocenters. The molecule has 5 nitrogen and oxygen atoms in total. The Balaban J connectivity index is 2.67.